The van der Waals surface area contributed by atoms with Crippen molar-refractivity contribution >= 4 is 0 Å². The summed E-state index contributed by atoms with van der Waals surface area (Å²) < 4.78 is 81.5. The molecule has 4 aliphatic carbocycles. The Morgan fingerprint density at radius 2 is 0.732 bits per heavy atom. The summed E-state index contributed by atoms with van der Waals surface area (Å²) in [5.41, 5.74) is 2.24. The number of unbranched alkanes of at least 4 members (excludes halogenated alkanes) is 2. The molecule has 0 saturated heterocycles. The fourth-order valence-electron chi connectivity index (χ4n) is 11.0. The predicted octanol–water partition coefficient (Wildman–Crippen LogP) is 15.9. The summed E-state index contributed by atoms with van der Waals surface area (Å²) in [5.74, 6) is 6.75. The Hall–Kier alpha value is -2.38. The minimum atomic E-state index is -4.62. The molecule has 0 spiro atoms. The first-order valence-electron chi connectivity index (χ1n) is 22.5. The third kappa shape index (κ3) is 15.8. The predicted molar refractivity (Wildman–Crippen MR) is 214 cm³/mol. The first-order valence-corrected chi connectivity index (χ1v) is 22.5. The van der Waals surface area contributed by atoms with Crippen molar-refractivity contribution < 1.29 is 35.8 Å². The van der Waals surface area contributed by atoms with Gasteiger partial charge in [-0.1, -0.05) is 102 Å². The highest BCUT2D eigenvalue weighted by molar-refractivity contribution is 5.28. The van der Waals surface area contributed by atoms with E-state index in [1.165, 1.54) is 166 Å². The smallest absolute Gasteiger partial charge is 0.406 e. The van der Waals surface area contributed by atoms with E-state index in [-0.39, 0.29) is 11.5 Å². The third-order valence-electron chi connectivity index (χ3n) is 14.2. The molecule has 0 heterocycles. The fraction of sp³-hybridized carbons (Fsp3) is 0.750. The van der Waals surface area contributed by atoms with E-state index in [0.29, 0.717) is 11.8 Å². The number of hydrogen-bond acceptors (Lipinski definition) is 2. The zero-order chi connectivity index (χ0) is 40.0. The van der Waals surface area contributed by atoms with Crippen LogP contribution in [-0.4, -0.2) is 12.7 Å². The molecule has 4 fully saturated rings. The van der Waals surface area contributed by atoms with Gasteiger partial charge in [0.05, 0.1) is 0 Å². The van der Waals surface area contributed by atoms with Crippen LogP contribution in [0.3, 0.4) is 0 Å². The highest BCUT2D eigenvalue weighted by Gasteiger charge is 2.34. The van der Waals surface area contributed by atoms with E-state index in [4.69, 9.17) is 0 Å². The first-order chi connectivity index (χ1) is 26.9. The van der Waals surface area contributed by atoms with Crippen LogP contribution in [0.1, 0.15) is 166 Å². The summed E-state index contributed by atoms with van der Waals surface area (Å²) in [6.07, 6.45) is 22.9. The van der Waals surface area contributed by atoms with Gasteiger partial charge in [-0.2, -0.15) is 0 Å². The molecule has 316 valence electrons. The van der Waals surface area contributed by atoms with Crippen molar-refractivity contribution in [3.63, 3.8) is 0 Å². The van der Waals surface area contributed by atoms with E-state index in [9.17, 15) is 26.3 Å². The van der Waals surface area contributed by atoms with Gasteiger partial charge < -0.3 is 9.47 Å². The number of halogens is 6. The molecule has 0 amide bonds. The molecule has 0 unspecified atom stereocenters. The molecule has 0 aliphatic heterocycles. The van der Waals surface area contributed by atoms with Crippen molar-refractivity contribution in [2.75, 3.05) is 0 Å². The topological polar surface area (TPSA) is 18.5 Å². The number of ether oxygens (including phenoxy) is 2. The van der Waals surface area contributed by atoms with Crippen LogP contribution in [0.15, 0.2) is 48.5 Å². The SMILES string of the molecule is CCCC1CCC(C2CCC(Cc3ccc(OC(F)(F)F)cc3)CC2)CC1.CCCCCC1CCC(C2CCC(Cc3ccc(OC(F)(F)F)cc3)CC2)CC1. The van der Waals surface area contributed by atoms with Crippen molar-refractivity contribution in [3.8, 4) is 11.5 Å². The third-order valence-corrected chi connectivity index (χ3v) is 14.2. The fourth-order valence-corrected chi connectivity index (χ4v) is 11.0. The second-order valence-electron chi connectivity index (χ2n) is 18.2. The largest absolute Gasteiger partial charge is 0.573 e. The molecule has 0 atom stereocenters. The lowest BCUT2D eigenvalue weighted by Gasteiger charge is -2.38. The molecule has 4 saturated carbocycles. The van der Waals surface area contributed by atoms with E-state index >= 15 is 0 Å². The molecule has 2 aromatic carbocycles. The Labute approximate surface area is 334 Å². The van der Waals surface area contributed by atoms with E-state index in [0.717, 1.165) is 59.5 Å². The Balaban J connectivity index is 0.000000215. The molecule has 0 bridgehead atoms. The summed E-state index contributed by atoms with van der Waals surface area (Å²) in [6, 6.07) is 12.9. The van der Waals surface area contributed by atoms with Crippen LogP contribution in [0, 0.1) is 47.3 Å². The Bertz CT molecular complexity index is 1340. The van der Waals surface area contributed by atoms with Crippen molar-refractivity contribution in [2.45, 2.75) is 181 Å². The molecule has 2 nitrogen and oxygen atoms in total. The average molecular weight is 793 g/mol. The maximum atomic E-state index is 12.3. The van der Waals surface area contributed by atoms with E-state index < -0.39 is 12.7 Å². The van der Waals surface area contributed by atoms with Crippen LogP contribution < -0.4 is 9.47 Å². The first kappa shape index (κ1) is 44.7. The lowest BCUT2D eigenvalue weighted by atomic mass is 9.68. The van der Waals surface area contributed by atoms with Gasteiger partial charge in [0.15, 0.2) is 0 Å². The monoisotopic (exact) mass is 793 g/mol. The molecule has 0 aromatic heterocycles. The molecule has 0 radical (unpaired) electrons. The quantitative estimate of drug-likeness (QED) is 0.140. The van der Waals surface area contributed by atoms with Gasteiger partial charge in [-0.25, -0.2) is 0 Å². The highest BCUT2D eigenvalue weighted by atomic mass is 19.4. The van der Waals surface area contributed by atoms with Crippen LogP contribution >= 0.6 is 0 Å². The summed E-state index contributed by atoms with van der Waals surface area (Å²) in [6.45, 7) is 4.58. The van der Waals surface area contributed by atoms with Gasteiger partial charge in [0.25, 0.3) is 0 Å². The number of rotatable bonds is 14. The average Bonchev–Trinajstić information content (AvgIpc) is 3.17. The Morgan fingerprint density at radius 3 is 1.04 bits per heavy atom. The second-order valence-corrected chi connectivity index (χ2v) is 18.2. The zero-order valence-corrected chi connectivity index (χ0v) is 34.3. The Kier molecular flexibility index (Phi) is 17.7. The van der Waals surface area contributed by atoms with Gasteiger partial charge in [-0.05, 0) is 173 Å². The van der Waals surface area contributed by atoms with Gasteiger partial charge in [-0.3, -0.25) is 0 Å². The summed E-state index contributed by atoms with van der Waals surface area (Å²) >= 11 is 0. The highest BCUT2D eigenvalue weighted by Crippen LogP contribution is 2.44. The van der Waals surface area contributed by atoms with Gasteiger partial charge in [0.2, 0.25) is 0 Å². The zero-order valence-electron chi connectivity index (χ0n) is 34.3. The maximum Gasteiger partial charge on any atom is 0.573 e. The van der Waals surface area contributed by atoms with Crippen LogP contribution in [0.4, 0.5) is 26.3 Å². The number of hydrogen-bond donors (Lipinski definition) is 0. The van der Waals surface area contributed by atoms with Crippen LogP contribution in [0.25, 0.3) is 0 Å². The minimum Gasteiger partial charge on any atom is -0.406 e. The van der Waals surface area contributed by atoms with Gasteiger partial charge >= 0.3 is 12.7 Å². The van der Waals surface area contributed by atoms with Crippen molar-refractivity contribution in [2.24, 2.45) is 47.3 Å². The molecular weight excluding hydrogens is 723 g/mol. The molecule has 0 N–H and O–H groups in total. The van der Waals surface area contributed by atoms with Crippen molar-refractivity contribution in [3.05, 3.63) is 59.7 Å². The molecule has 4 aliphatic rings. The summed E-state index contributed by atoms with van der Waals surface area (Å²) in [7, 11) is 0. The minimum absolute atomic E-state index is 0.129. The van der Waals surface area contributed by atoms with Crippen molar-refractivity contribution in [1.29, 1.82) is 0 Å². The molecular formula is C48H70F6O2. The molecule has 2 aromatic rings. The van der Waals surface area contributed by atoms with E-state index in [1.54, 1.807) is 24.3 Å². The Morgan fingerprint density at radius 1 is 0.411 bits per heavy atom. The lowest BCUT2D eigenvalue weighted by Crippen LogP contribution is -2.26. The number of alkyl halides is 6. The molecule has 6 rings (SSSR count). The van der Waals surface area contributed by atoms with E-state index in [2.05, 4.69) is 23.3 Å². The van der Waals surface area contributed by atoms with Crippen LogP contribution in [0.5, 0.6) is 11.5 Å². The standard InChI is InChI=1S/C25H37F3O.C23H33F3O/c1-2-3-4-5-19-6-12-22(13-7-19)23-14-8-20(9-15-23)18-21-10-16-24(17-11-21)29-25(26,27)28;1-2-3-17-4-10-20(11-5-17)21-12-6-18(7-13-21)16-19-8-14-22(15-9-19)27-23(24,25)26/h10-11,16-17,19-20,22-23H,2-9,12-15,18H2,1H3;8-9,14-15,17-18,20-21H,2-7,10-13,16H2,1H3. The van der Waals surface area contributed by atoms with Crippen LogP contribution in [-0.2, 0) is 12.8 Å². The molecule has 8 heteroatoms. The molecule has 56 heavy (non-hydrogen) atoms. The second kappa shape index (κ2) is 22.1. The van der Waals surface area contributed by atoms with Crippen molar-refractivity contribution in [1.82, 2.24) is 0 Å². The lowest BCUT2D eigenvalue weighted by molar-refractivity contribution is -0.275. The van der Waals surface area contributed by atoms with Gasteiger partial charge in [0, 0.05) is 0 Å². The number of benzene rings is 2. The maximum absolute atomic E-state index is 12.3. The summed E-state index contributed by atoms with van der Waals surface area (Å²) in [4.78, 5) is 0. The van der Waals surface area contributed by atoms with Gasteiger partial charge in [-0.15, -0.1) is 26.3 Å². The normalized spacial score (nSPS) is 28.9. The summed E-state index contributed by atoms with van der Waals surface area (Å²) in [5, 5.41) is 0. The van der Waals surface area contributed by atoms with Crippen LogP contribution in [0.2, 0.25) is 0 Å². The van der Waals surface area contributed by atoms with Gasteiger partial charge in [0.1, 0.15) is 11.5 Å². The van der Waals surface area contributed by atoms with E-state index in [1.807, 2.05) is 0 Å².